The van der Waals surface area contributed by atoms with Crippen LogP contribution in [0.5, 0.6) is 5.75 Å². The van der Waals surface area contributed by atoms with Crippen LogP contribution in [0.4, 0.5) is 5.69 Å². The first-order chi connectivity index (χ1) is 17.8. The lowest BCUT2D eigenvalue weighted by molar-refractivity contribution is -0.135. The van der Waals surface area contributed by atoms with E-state index in [1.54, 1.807) is 4.90 Å². The fourth-order valence-electron chi connectivity index (χ4n) is 3.86. The number of carbonyl (C=O) groups is 1. The molecule has 1 amide bonds. The number of carbonyl (C=O) groups excluding carboxylic acids is 1. The van der Waals surface area contributed by atoms with Crippen LogP contribution in [0.15, 0.2) is 83.8 Å². The van der Waals surface area contributed by atoms with Crippen LogP contribution in [0.2, 0.25) is 10.0 Å². The smallest absolute Gasteiger partial charge is 0.261 e. The van der Waals surface area contributed by atoms with E-state index in [9.17, 15) is 13.2 Å². The first-order valence-electron chi connectivity index (χ1n) is 11.7. The molecule has 0 radical (unpaired) electrons. The van der Waals surface area contributed by atoms with Crippen LogP contribution in [0.25, 0.3) is 6.08 Å². The molecule has 0 atom stereocenters. The fourth-order valence-corrected chi connectivity index (χ4v) is 5.43. The Bertz CT molecular complexity index is 1320. The number of ether oxygens (including phenoxy) is 1. The maximum atomic E-state index is 12.7. The Kier molecular flexibility index (Phi) is 9.10. The number of benzene rings is 3. The minimum absolute atomic E-state index is 0.0414. The summed E-state index contributed by atoms with van der Waals surface area (Å²) < 4.78 is 33.4. The largest absolute Gasteiger partial charge is 0.484 e. The van der Waals surface area contributed by atoms with Crippen LogP contribution < -0.4 is 9.46 Å². The first-order valence-corrected chi connectivity index (χ1v) is 14.0. The molecule has 1 aliphatic rings. The van der Waals surface area contributed by atoms with Crippen LogP contribution in [0, 0.1) is 0 Å². The van der Waals surface area contributed by atoms with Gasteiger partial charge in [-0.05, 0) is 48.0 Å². The summed E-state index contributed by atoms with van der Waals surface area (Å²) in [5.74, 6) is 0.304. The van der Waals surface area contributed by atoms with Gasteiger partial charge in [-0.2, -0.15) is 0 Å². The number of rotatable bonds is 9. The molecule has 0 aromatic heterocycles. The Balaban J connectivity index is 1.22. The summed E-state index contributed by atoms with van der Waals surface area (Å²) in [4.78, 5) is 16.7. The lowest BCUT2D eigenvalue weighted by atomic mass is 10.2. The molecule has 7 nitrogen and oxygen atoms in total. The van der Waals surface area contributed by atoms with Gasteiger partial charge in [-0.3, -0.25) is 14.4 Å². The van der Waals surface area contributed by atoms with Crippen LogP contribution in [-0.2, 0) is 14.8 Å². The highest BCUT2D eigenvalue weighted by Gasteiger charge is 2.21. The van der Waals surface area contributed by atoms with Gasteiger partial charge in [-0.1, -0.05) is 65.7 Å². The minimum atomic E-state index is -3.85. The van der Waals surface area contributed by atoms with Crippen LogP contribution in [0.1, 0.15) is 5.56 Å². The van der Waals surface area contributed by atoms with Crippen LogP contribution in [0.3, 0.4) is 0 Å². The average molecular weight is 561 g/mol. The van der Waals surface area contributed by atoms with Gasteiger partial charge in [0.15, 0.2) is 6.61 Å². The van der Waals surface area contributed by atoms with E-state index >= 15 is 0 Å². The Labute approximate surface area is 227 Å². The van der Waals surface area contributed by atoms with Crippen molar-refractivity contribution in [3.63, 3.8) is 0 Å². The number of sulfonamides is 1. The maximum Gasteiger partial charge on any atom is 0.261 e. The number of nitrogens with zero attached hydrogens (tertiary/aromatic N) is 2. The molecule has 0 spiro atoms. The summed E-state index contributed by atoms with van der Waals surface area (Å²) in [7, 11) is -3.85. The monoisotopic (exact) mass is 559 g/mol. The van der Waals surface area contributed by atoms with Crippen molar-refractivity contribution in [2.45, 2.75) is 4.90 Å². The van der Waals surface area contributed by atoms with Gasteiger partial charge >= 0.3 is 0 Å². The highest BCUT2D eigenvalue weighted by atomic mass is 35.5. The molecule has 0 saturated carbocycles. The molecular weight excluding hydrogens is 533 g/mol. The van der Waals surface area contributed by atoms with Crippen molar-refractivity contribution in [1.29, 1.82) is 0 Å². The number of halogens is 2. The van der Waals surface area contributed by atoms with E-state index in [2.05, 4.69) is 33.9 Å². The molecule has 1 saturated heterocycles. The van der Waals surface area contributed by atoms with Gasteiger partial charge in [0.25, 0.3) is 15.9 Å². The second-order valence-corrected chi connectivity index (χ2v) is 11.1. The molecule has 10 heteroatoms. The second-order valence-electron chi connectivity index (χ2n) is 8.52. The quantitative estimate of drug-likeness (QED) is 0.397. The van der Waals surface area contributed by atoms with Crippen molar-refractivity contribution in [3.8, 4) is 5.75 Å². The zero-order valence-electron chi connectivity index (χ0n) is 20.0. The summed E-state index contributed by atoms with van der Waals surface area (Å²) in [6, 6.07) is 20.5. The third-order valence-electron chi connectivity index (χ3n) is 5.81. The molecule has 194 valence electrons. The predicted octanol–water partition coefficient (Wildman–Crippen LogP) is 5.03. The Morgan fingerprint density at radius 2 is 1.57 bits per heavy atom. The van der Waals surface area contributed by atoms with Gasteiger partial charge in [0, 0.05) is 42.8 Å². The number of nitrogens with one attached hydrogen (secondary N) is 1. The summed E-state index contributed by atoms with van der Waals surface area (Å²) in [5.41, 5.74) is 1.43. The van der Waals surface area contributed by atoms with Gasteiger partial charge < -0.3 is 9.64 Å². The Morgan fingerprint density at radius 3 is 2.22 bits per heavy atom. The molecule has 3 aromatic rings. The number of hydrogen-bond donors (Lipinski definition) is 1. The topological polar surface area (TPSA) is 78.9 Å². The lowest BCUT2D eigenvalue weighted by Gasteiger charge is -2.34. The predicted molar refractivity (Wildman–Crippen MR) is 148 cm³/mol. The average Bonchev–Trinajstić information content (AvgIpc) is 2.88. The molecule has 1 aliphatic heterocycles. The SMILES string of the molecule is O=C(COc1ccc(S(=O)(=O)Nc2cc(Cl)cc(Cl)c2)cc1)N1CCN(C/C=C/c2ccccc2)CC1. The number of amides is 1. The molecule has 3 aromatic carbocycles. The van der Waals surface area contributed by atoms with Crippen molar-refractivity contribution >= 4 is 50.9 Å². The van der Waals surface area contributed by atoms with Crippen molar-refractivity contribution in [2.24, 2.45) is 0 Å². The molecule has 0 bridgehead atoms. The lowest BCUT2D eigenvalue weighted by Crippen LogP contribution is -2.49. The summed E-state index contributed by atoms with van der Waals surface area (Å²) >= 11 is 11.9. The van der Waals surface area contributed by atoms with Gasteiger partial charge in [0.2, 0.25) is 0 Å². The molecule has 0 unspecified atom stereocenters. The zero-order chi connectivity index (χ0) is 26.3. The first kappa shape index (κ1) is 27.0. The van der Waals surface area contributed by atoms with Crippen molar-refractivity contribution in [1.82, 2.24) is 9.80 Å². The fraction of sp³-hybridized carbons (Fsp3) is 0.222. The Hall–Kier alpha value is -3.04. The standard InChI is InChI=1S/C27H27Cl2N3O4S/c28-22-17-23(29)19-24(18-22)30-37(34,35)26-10-8-25(9-11-26)36-20-27(33)32-15-13-31(14-16-32)12-4-7-21-5-2-1-3-6-21/h1-11,17-19,30H,12-16,20H2/b7-4+. The van der Waals surface area contributed by atoms with E-state index in [1.165, 1.54) is 48.0 Å². The highest BCUT2D eigenvalue weighted by molar-refractivity contribution is 7.92. The third kappa shape index (κ3) is 7.97. The Morgan fingerprint density at radius 1 is 0.919 bits per heavy atom. The van der Waals surface area contributed by atoms with E-state index in [1.807, 2.05) is 18.2 Å². The van der Waals surface area contributed by atoms with E-state index in [4.69, 9.17) is 27.9 Å². The minimum Gasteiger partial charge on any atom is -0.484 e. The van der Waals surface area contributed by atoms with Crippen LogP contribution in [-0.4, -0.2) is 63.5 Å². The van der Waals surface area contributed by atoms with Crippen LogP contribution >= 0.6 is 23.2 Å². The van der Waals surface area contributed by atoms with Gasteiger partial charge in [-0.15, -0.1) is 0 Å². The van der Waals surface area contributed by atoms with E-state index in [-0.39, 0.29) is 23.1 Å². The van der Waals surface area contributed by atoms with Gasteiger partial charge in [0.1, 0.15) is 5.75 Å². The van der Waals surface area contributed by atoms with Crippen molar-refractivity contribution < 1.29 is 17.9 Å². The number of hydrogen-bond acceptors (Lipinski definition) is 5. The molecule has 1 N–H and O–H groups in total. The summed E-state index contributed by atoms with van der Waals surface area (Å²) in [5, 5.41) is 0.639. The van der Waals surface area contributed by atoms with E-state index in [0.717, 1.165) is 19.6 Å². The molecular formula is C27H27Cl2N3O4S. The summed E-state index contributed by atoms with van der Waals surface area (Å²) in [6.45, 7) is 3.58. The normalized spacial score (nSPS) is 14.6. The zero-order valence-corrected chi connectivity index (χ0v) is 22.3. The van der Waals surface area contributed by atoms with E-state index < -0.39 is 10.0 Å². The number of piperazine rings is 1. The molecule has 37 heavy (non-hydrogen) atoms. The maximum absolute atomic E-state index is 12.7. The molecule has 4 rings (SSSR count). The molecule has 1 fully saturated rings. The van der Waals surface area contributed by atoms with Gasteiger partial charge in [-0.25, -0.2) is 8.42 Å². The second kappa shape index (κ2) is 12.5. The van der Waals surface area contributed by atoms with Crippen molar-refractivity contribution in [3.05, 3.63) is 94.5 Å². The molecule has 1 heterocycles. The molecule has 0 aliphatic carbocycles. The van der Waals surface area contributed by atoms with Gasteiger partial charge in [0.05, 0.1) is 10.6 Å². The highest BCUT2D eigenvalue weighted by Crippen LogP contribution is 2.25. The van der Waals surface area contributed by atoms with Crippen molar-refractivity contribution in [2.75, 3.05) is 44.1 Å². The third-order valence-corrected chi connectivity index (χ3v) is 7.64. The van der Waals surface area contributed by atoms with E-state index in [0.29, 0.717) is 28.9 Å². The summed E-state index contributed by atoms with van der Waals surface area (Å²) in [6.07, 6.45) is 4.24. The number of anilines is 1.